The van der Waals surface area contributed by atoms with Crippen LogP contribution in [0.3, 0.4) is 0 Å². The van der Waals surface area contributed by atoms with E-state index < -0.39 is 36.4 Å². The summed E-state index contributed by atoms with van der Waals surface area (Å²) < 4.78 is 53.7. The highest BCUT2D eigenvalue weighted by Crippen LogP contribution is 2.36. The molecule has 142 valence electrons. The molecule has 2 amide bonds. The van der Waals surface area contributed by atoms with Crippen LogP contribution in [0.1, 0.15) is 36.0 Å². The highest BCUT2D eigenvalue weighted by molar-refractivity contribution is 5.94. The van der Waals surface area contributed by atoms with Crippen molar-refractivity contribution in [3.8, 4) is 0 Å². The van der Waals surface area contributed by atoms with Crippen LogP contribution in [0, 0.1) is 17.7 Å². The fourth-order valence-corrected chi connectivity index (χ4v) is 3.36. The lowest BCUT2D eigenvalue weighted by Crippen LogP contribution is -2.45. The number of aromatic nitrogens is 1. The van der Waals surface area contributed by atoms with E-state index in [1.807, 2.05) is 0 Å². The Morgan fingerprint density at radius 1 is 1.27 bits per heavy atom. The zero-order valence-corrected chi connectivity index (χ0v) is 13.9. The monoisotopic (exact) mass is 373 g/mol. The van der Waals surface area contributed by atoms with Crippen molar-refractivity contribution >= 4 is 11.8 Å². The van der Waals surface area contributed by atoms with E-state index >= 15 is 0 Å². The number of hydrogen-bond donors (Lipinski definition) is 1. The third-order valence-corrected chi connectivity index (χ3v) is 5.11. The molecule has 2 atom stereocenters. The lowest BCUT2D eigenvalue weighted by Gasteiger charge is -2.27. The first-order valence-electron chi connectivity index (χ1n) is 8.50. The van der Waals surface area contributed by atoms with E-state index in [2.05, 4.69) is 10.3 Å². The minimum absolute atomic E-state index is 0.228. The second-order valence-electron chi connectivity index (χ2n) is 6.88. The second kappa shape index (κ2) is 7.20. The summed E-state index contributed by atoms with van der Waals surface area (Å²) >= 11 is 0. The first kappa shape index (κ1) is 18.6. The van der Waals surface area contributed by atoms with Gasteiger partial charge in [0.1, 0.15) is 0 Å². The number of rotatable bonds is 4. The van der Waals surface area contributed by atoms with E-state index in [1.54, 1.807) is 0 Å². The van der Waals surface area contributed by atoms with Gasteiger partial charge in [0.25, 0.3) is 5.91 Å². The van der Waals surface area contributed by atoms with E-state index in [-0.39, 0.29) is 30.4 Å². The molecule has 26 heavy (non-hydrogen) atoms. The second-order valence-corrected chi connectivity index (χ2v) is 6.88. The van der Waals surface area contributed by atoms with Gasteiger partial charge in [-0.2, -0.15) is 13.2 Å². The van der Waals surface area contributed by atoms with Gasteiger partial charge < -0.3 is 10.2 Å². The van der Waals surface area contributed by atoms with Crippen LogP contribution in [-0.2, 0) is 4.79 Å². The molecule has 1 saturated heterocycles. The van der Waals surface area contributed by atoms with Crippen LogP contribution in [0.4, 0.5) is 17.6 Å². The van der Waals surface area contributed by atoms with Crippen molar-refractivity contribution in [3.63, 3.8) is 0 Å². The Morgan fingerprint density at radius 3 is 2.58 bits per heavy atom. The predicted molar refractivity (Wildman–Crippen MR) is 83.5 cm³/mol. The van der Waals surface area contributed by atoms with Crippen molar-refractivity contribution in [1.29, 1.82) is 0 Å². The number of hydrogen-bond acceptors (Lipinski definition) is 3. The molecular weight excluding hydrogens is 354 g/mol. The molecule has 1 aliphatic heterocycles. The maximum Gasteiger partial charge on any atom is 0.395 e. The molecule has 0 unspecified atom stereocenters. The quantitative estimate of drug-likeness (QED) is 0.825. The van der Waals surface area contributed by atoms with Crippen LogP contribution in [0.15, 0.2) is 18.5 Å². The first-order chi connectivity index (χ1) is 12.3. The van der Waals surface area contributed by atoms with Gasteiger partial charge in [0.15, 0.2) is 5.82 Å². The molecule has 0 spiro atoms. The zero-order chi connectivity index (χ0) is 18.9. The number of likely N-dealkylation sites (tertiary alicyclic amines) is 1. The van der Waals surface area contributed by atoms with Gasteiger partial charge in [0, 0.05) is 25.7 Å². The van der Waals surface area contributed by atoms with Crippen molar-refractivity contribution in [1.82, 2.24) is 15.2 Å². The van der Waals surface area contributed by atoms with Crippen molar-refractivity contribution < 1.29 is 27.2 Å². The summed E-state index contributed by atoms with van der Waals surface area (Å²) in [5, 5.41) is 2.24. The normalized spacial score (nSPS) is 23.6. The molecule has 9 heteroatoms. The average molecular weight is 373 g/mol. The Morgan fingerprint density at radius 2 is 2.00 bits per heavy atom. The van der Waals surface area contributed by atoms with Crippen LogP contribution in [0.2, 0.25) is 0 Å². The SMILES string of the molecule is O=C(N[C@@H]1CN(C(=O)CC2CCC2)C[C@H]1C(F)(F)F)c1ccncc1F. The zero-order valence-electron chi connectivity index (χ0n) is 13.9. The lowest BCUT2D eigenvalue weighted by atomic mass is 9.83. The maximum absolute atomic E-state index is 13.6. The van der Waals surface area contributed by atoms with Crippen molar-refractivity contribution in [2.75, 3.05) is 13.1 Å². The Kier molecular flexibility index (Phi) is 5.15. The topological polar surface area (TPSA) is 62.3 Å². The van der Waals surface area contributed by atoms with Gasteiger partial charge in [-0.3, -0.25) is 14.6 Å². The van der Waals surface area contributed by atoms with Gasteiger partial charge in [-0.25, -0.2) is 4.39 Å². The fraction of sp³-hybridized carbons (Fsp3) is 0.588. The fourth-order valence-electron chi connectivity index (χ4n) is 3.36. The molecule has 2 aliphatic rings. The molecule has 1 aliphatic carbocycles. The Labute approximate surface area is 147 Å². The van der Waals surface area contributed by atoms with Gasteiger partial charge in [-0.05, 0) is 24.8 Å². The highest BCUT2D eigenvalue weighted by atomic mass is 19.4. The average Bonchev–Trinajstić information content (AvgIpc) is 2.95. The molecule has 3 rings (SSSR count). The van der Waals surface area contributed by atoms with Crippen LogP contribution in [0.5, 0.6) is 0 Å². The molecule has 1 aromatic heterocycles. The number of nitrogens with zero attached hydrogens (tertiary/aromatic N) is 2. The number of carbonyl (C=O) groups excluding carboxylic acids is 2. The summed E-state index contributed by atoms with van der Waals surface area (Å²) in [6.45, 7) is -0.715. The van der Waals surface area contributed by atoms with Crippen LogP contribution in [0.25, 0.3) is 0 Å². The molecule has 1 N–H and O–H groups in total. The minimum atomic E-state index is -4.57. The third kappa shape index (κ3) is 3.96. The Bertz CT molecular complexity index is 691. The van der Waals surface area contributed by atoms with E-state index in [1.165, 1.54) is 6.20 Å². The molecule has 0 radical (unpaired) electrons. The molecule has 1 saturated carbocycles. The van der Waals surface area contributed by atoms with Gasteiger partial charge in [-0.15, -0.1) is 0 Å². The van der Waals surface area contributed by atoms with E-state index in [4.69, 9.17) is 0 Å². The van der Waals surface area contributed by atoms with Crippen LogP contribution in [-0.4, -0.2) is 47.0 Å². The molecule has 5 nitrogen and oxygen atoms in total. The summed E-state index contributed by atoms with van der Waals surface area (Å²) in [6, 6.07) is -0.206. The summed E-state index contributed by atoms with van der Waals surface area (Å²) in [4.78, 5) is 29.1. The van der Waals surface area contributed by atoms with Gasteiger partial charge in [0.05, 0.1) is 23.7 Å². The predicted octanol–water partition coefficient (Wildman–Crippen LogP) is 2.53. The first-order valence-corrected chi connectivity index (χ1v) is 8.50. The molecule has 2 heterocycles. The number of carbonyl (C=O) groups is 2. The van der Waals surface area contributed by atoms with Gasteiger partial charge >= 0.3 is 6.18 Å². The Balaban J connectivity index is 1.70. The molecule has 0 aromatic carbocycles. The molecule has 1 aromatic rings. The maximum atomic E-state index is 13.6. The van der Waals surface area contributed by atoms with Crippen LogP contribution >= 0.6 is 0 Å². The standard InChI is InChI=1S/C17H19F4N3O2/c18-13-7-22-5-4-11(13)16(26)23-14-9-24(8-12(14)17(19,20)21)15(25)6-10-2-1-3-10/h4-5,7,10,12,14H,1-3,6,8-9H2,(H,23,26)/t12-,14-/m1/s1. The highest BCUT2D eigenvalue weighted by Gasteiger charge is 2.51. The number of alkyl halides is 3. The van der Waals surface area contributed by atoms with Crippen LogP contribution < -0.4 is 5.32 Å². The third-order valence-electron chi connectivity index (χ3n) is 5.11. The van der Waals surface area contributed by atoms with E-state index in [0.717, 1.165) is 36.4 Å². The largest absolute Gasteiger partial charge is 0.395 e. The van der Waals surface area contributed by atoms with Gasteiger partial charge in [0.2, 0.25) is 5.91 Å². The van der Waals surface area contributed by atoms with Crippen molar-refractivity contribution in [2.24, 2.45) is 11.8 Å². The van der Waals surface area contributed by atoms with Crippen molar-refractivity contribution in [3.05, 3.63) is 29.8 Å². The summed E-state index contributed by atoms with van der Waals surface area (Å²) in [5.74, 6) is -3.81. The van der Waals surface area contributed by atoms with E-state index in [9.17, 15) is 27.2 Å². The number of pyridine rings is 1. The molecule has 0 bridgehead atoms. The van der Waals surface area contributed by atoms with Crippen molar-refractivity contribution in [2.45, 2.75) is 37.9 Å². The molecular formula is C17H19F4N3O2. The van der Waals surface area contributed by atoms with Gasteiger partial charge in [-0.1, -0.05) is 6.42 Å². The smallest absolute Gasteiger partial charge is 0.347 e. The lowest BCUT2D eigenvalue weighted by molar-refractivity contribution is -0.175. The summed E-state index contributed by atoms with van der Waals surface area (Å²) in [7, 11) is 0. The Hall–Kier alpha value is -2.19. The number of halogens is 4. The summed E-state index contributed by atoms with van der Waals surface area (Å²) in [6.07, 6.45) is 0.554. The number of nitrogens with one attached hydrogen (secondary N) is 1. The number of amides is 2. The minimum Gasteiger partial charge on any atom is -0.347 e. The van der Waals surface area contributed by atoms with E-state index in [0.29, 0.717) is 0 Å². The summed E-state index contributed by atoms with van der Waals surface area (Å²) in [5.41, 5.74) is -0.375. The molecule has 2 fully saturated rings.